The van der Waals surface area contributed by atoms with Gasteiger partial charge in [0.15, 0.2) is 0 Å². The first-order valence-electron chi connectivity index (χ1n) is 5.90. The van der Waals surface area contributed by atoms with E-state index in [1.54, 1.807) is 11.3 Å². The summed E-state index contributed by atoms with van der Waals surface area (Å²) in [5.74, 6) is 1.15. The van der Waals surface area contributed by atoms with Crippen LogP contribution < -0.4 is 5.73 Å². The number of thiophene rings is 1. The van der Waals surface area contributed by atoms with Crippen LogP contribution in [0.3, 0.4) is 0 Å². The largest absolute Gasteiger partial charge is 0.329 e. The fourth-order valence-corrected chi connectivity index (χ4v) is 5.09. The third kappa shape index (κ3) is 4.21. The summed E-state index contributed by atoms with van der Waals surface area (Å²) in [6.07, 6.45) is 3.31. The Morgan fingerprint density at radius 1 is 1.50 bits per heavy atom. The highest BCUT2D eigenvalue weighted by Crippen LogP contribution is 2.37. The van der Waals surface area contributed by atoms with Gasteiger partial charge in [-0.1, -0.05) is 6.92 Å². The van der Waals surface area contributed by atoms with Crippen LogP contribution in [0.2, 0.25) is 0 Å². The molecule has 18 heavy (non-hydrogen) atoms. The van der Waals surface area contributed by atoms with Crippen molar-refractivity contribution in [1.82, 2.24) is 4.90 Å². The molecule has 0 fully saturated rings. The molecule has 0 saturated heterocycles. The molecule has 1 heterocycles. The number of hydrogen-bond donors (Lipinski definition) is 1. The van der Waals surface area contributed by atoms with E-state index >= 15 is 0 Å². The van der Waals surface area contributed by atoms with Crippen LogP contribution in [0.15, 0.2) is 14.3 Å². The van der Waals surface area contributed by atoms with Crippen LogP contribution in [0.4, 0.5) is 0 Å². The predicted octanol–water partition coefficient (Wildman–Crippen LogP) is 4.35. The molecule has 1 aromatic heterocycles. The van der Waals surface area contributed by atoms with Gasteiger partial charge in [0, 0.05) is 27.7 Å². The van der Waals surface area contributed by atoms with Gasteiger partial charge in [0.25, 0.3) is 0 Å². The molecule has 2 atom stereocenters. The van der Waals surface area contributed by atoms with E-state index in [4.69, 9.17) is 5.73 Å². The Bertz CT molecular complexity index is 351. The first kappa shape index (κ1) is 17.0. The van der Waals surface area contributed by atoms with Gasteiger partial charge in [-0.2, -0.15) is 11.8 Å². The Morgan fingerprint density at radius 3 is 2.56 bits per heavy atom. The number of nitrogens with zero attached hydrogens (tertiary/aromatic N) is 1. The summed E-state index contributed by atoms with van der Waals surface area (Å²) >= 11 is 10.8. The summed E-state index contributed by atoms with van der Waals surface area (Å²) in [6.45, 7) is 2.89. The maximum Gasteiger partial charge on any atom is 0.0843 e. The van der Waals surface area contributed by atoms with Crippen molar-refractivity contribution in [1.29, 1.82) is 0 Å². The maximum atomic E-state index is 5.98. The average molecular weight is 416 g/mol. The first-order chi connectivity index (χ1) is 8.54. The minimum absolute atomic E-state index is 0.301. The molecular weight excluding hydrogens is 396 g/mol. The van der Waals surface area contributed by atoms with Crippen molar-refractivity contribution in [3.8, 4) is 0 Å². The zero-order chi connectivity index (χ0) is 13.7. The quantitative estimate of drug-likeness (QED) is 0.717. The number of halogens is 2. The van der Waals surface area contributed by atoms with Crippen molar-refractivity contribution in [2.24, 2.45) is 5.73 Å². The smallest absolute Gasteiger partial charge is 0.0843 e. The van der Waals surface area contributed by atoms with E-state index in [0.29, 0.717) is 18.6 Å². The van der Waals surface area contributed by atoms with Crippen LogP contribution in [-0.4, -0.2) is 36.5 Å². The molecular formula is C12H20Br2N2S2. The molecule has 0 aliphatic carbocycles. The standard InChI is InChI=1S/C12H20Br2N2S2/c1-4-8(7-17-3)16(2)10(6-15)11-5-9(13)12(14)18-11/h5,8,10H,4,6-7,15H2,1-3H3. The molecule has 2 nitrogen and oxygen atoms in total. The number of likely N-dealkylation sites (N-methyl/N-ethyl adjacent to an activating group) is 1. The van der Waals surface area contributed by atoms with Gasteiger partial charge in [-0.15, -0.1) is 11.3 Å². The van der Waals surface area contributed by atoms with E-state index in [2.05, 4.69) is 63.1 Å². The topological polar surface area (TPSA) is 29.3 Å². The van der Waals surface area contributed by atoms with E-state index in [1.807, 2.05) is 11.8 Å². The van der Waals surface area contributed by atoms with Crippen LogP contribution in [0.1, 0.15) is 24.3 Å². The second kappa shape index (κ2) is 8.27. The van der Waals surface area contributed by atoms with Gasteiger partial charge in [0.05, 0.1) is 9.83 Å². The lowest BCUT2D eigenvalue weighted by Crippen LogP contribution is -2.39. The van der Waals surface area contributed by atoms with Gasteiger partial charge >= 0.3 is 0 Å². The van der Waals surface area contributed by atoms with E-state index in [1.165, 1.54) is 4.88 Å². The van der Waals surface area contributed by atoms with Gasteiger partial charge in [-0.3, -0.25) is 4.90 Å². The lowest BCUT2D eigenvalue weighted by molar-refractivity contribution is 0.190. The molecule has 1 rings (SSSR count). The molecule has 0 amide bonds. The minimum Gasteiger partial charge on any atom is -0.329 e. The molecule has 0 aliphatic rings. The molecule has 2 N–H and O–H groups in total. The molecule has 0 bridgehead atoms. The monoisotopic (exact) mass is 414 g/mol. The number of hydrogen-bond acceptors (Lipinski definition) is 4. The van der Waals surface area contributed by atoms with Gasteiger partial charge in [-0.05, 0) is 57.7 Å². The van der Waals surface area contributed by atoms with E-state index in [-0.39, 0.29) is 0 Å². The maximum absolute atomic E-state index is 5.98. The molecule has 0 saturated carbocycles. The molecule has 0 aromatic carbocycles. The van der Waals surface area contributed by atoms with Crippen molar-refractivity contribution in [2.75, 3.05) is 25.6 Å². The lowest BCUT2D eigenvalue weighted by Gasteiger charge is -2.33. The minimum atomic E-state index is 0.301. The highest BCUT2D eigenvalue weighted by Gasteiger charge is 2.24. The molecule has 1 aromatic rings. The zero-order valence-electron chi connectivity index (χ0n) is 11.0. The van der Waals surface area contributed by atoms with Gasteiger partial charge in [0.1, 0.15) is 0 Å². The van der Waals surface area contributed by atoms with Crippen molar-refractivity contribution < 1.29 is 0 Å². The van der Waals surface area contributed by atoms with Crippen molar-refractivity contribution in [3.05, 3.63) is 19.2 Å². The Morgan fingerprint density at radius 2 is 2.17 bits per heavy atom. The molecule has 6 heteroatoms. The molecule has 2 unspecified atom stereocenters. The van der Waals surface area contributed by atoms with Gasteiger partial charge in [0.2, 0.25) is 0 Å². The van der Waals surface area contributed by atoms with Crippen molar-refractivity contribution >= 4 is 55.0 Å². The highest BCUT2D eigenvalue weighted by molar-refractivity contribution is 9.13. The van der Waals surface area contributed by atoms with Crippen molar-refractivity contribution in [2.45, 2.75) is 25.4 Å². The Hall–Kier alpha value is 0.930. The SMILES string of the molecule is CCC(CSC)N(C)C(CN)c1cc(Br)c(Br)s1. The summed E-state index contributed by atoms with van der Waals surface area (Å²) in [5, 5.41) is 0. The van der Waals surface area contributed by atoms with Crippen molar-refractivity contribution in [3.63, 3.8) is 0 Å². The normalized spacial score (nSPS) is 15.1. The van der Waals surface area contributed by atoms with E-state index in [0.717, 1.165) is 20.4 Å². The van der Waals surface area contributed by atoms with Gasteiger partial charge in [-0.25, -0.2) is 0 Å². The average Bonchev–Trinajstić information content (AvgIpc) is 2.67. The Balaban J connectivity index is 2.87. The summed E-state index contributed by atoms with van der Waals surface area (Å²) < 4.78 is 2.26. The summed E-state index contributed by atoms with van der Waals surface area (Å²) in [6, 6.07) is 3.05. The van der Waals surface area contributed by atoms with Gasteiger partial charge < -0.3 is 5.73 Å². The number of nitrogens with two attached hydrogens (primary N) is 1. The highest BCUT2D eigenvalue weighted by atomic mass is 79.9. The fraction of sp³-hybridized carbons (Fsp3) is 0.667. The summed E-state index contributed by atoms with van der Waals surface area (Å²) in [4.78, 5) is 3.74. The third-order valence-electron chi connectivity index (χ3n) is 3.11. The molecule has 104 valence electrons. The number of rotatable bonds is 7. The zero-order valence-corrected chi connectivity index (χ0v) is 15.8. The van der Waals surface area contributed by atoms with Crippen LogP contribution >= 0.6 is 55.0 Å². The Kier molecular flexibility index (Phi) is 7.80. The van der Waals surface area contributed by atoms with E-state index < -0.39 is 0 Å². The second-order valence-electron chi connectivity index (χ2n) is 4.20. The Labute approximate surface area is 135 Å². The van der Waals surface area contributed by atoms with Crippen LogP contribution in [-0.2, 0) is 0 Å². The summed E-state index contributed by atoms with van der Waals surface area (Å²) in [7, 11) is 2.18. The third-order valence-corrected chi connectivity index (χ3v) is 7.19. The second-order valence-corrected chi connectivity index (χ2v) is 8.37. The molecule has 0 aliphatic heterocycles. The predicted molar refractivity (Wildman–Crippen MR) is 91.7 cm³/mol. The van der Waals surface area contributed by atoms with Crippen LogP contribution in [0.5, 0.6) is 0 Å². The van der Waals surface area contributed by atoms with Crippen LogP contribution in [0, 0.1) is 0 Å². The van der Waals surface area contributed by atoms with E-state index in [9.17, 15) is 0 Å². The molecule has 0 spiro atoms. The molecule has 0 radical (unpaired) electrons. The summed E-state index contributed by atoms with van der Waals surface area (Å²) in [5.41, 5.74) is 5.98. The fourth-order valence-electron chi connectivity index (χ4n) is 1.98. The lowest BCUT2D eigenvalue weighted by atomic mass is 10.1. The number of thioether (sulfide) groups is 1. The van der Waals surface area contributed by atoms with Crippen LogP contribution in [0.25, 0.3) is 0 Å². The first-order valence-corrected chi connectivity index (χ1v) is 9.70.